The van der Waals surface area contributed by atoms with E-state index in [9.17, 15) is 4.79 Å². The third-order valence-corrected chi connectivity index (χ3v) is 2.18. The van der Waals surface area contributed by atoms with Crippen LogP contribution >= 0.6 is 0 Å². The van der Waals surface area contributed by atoms with Crippen molar-refractivity contribution in [3.63, 3.8) is 0 Å². The van der Waals surface area contributed by atoms with E-state index in [-0.39, 0.29) is 11.4 Å². The van der Waals surface area contributed by atoms with Crippen LogP contribution in [0.15, 0.2) is 0 Å². The zero-order chi connectivity index (χ0) is 10.1. The lowest BCUT2D eigenvalue weighted by atomic mass is 10.1. The van der Waals surface area contributed by atoms with E-state index in [0.29, 0.717) is 6.42 Å². The molecule has 1 aliphatic rings. The monoisotopic (exact) mass is 185 g/mol. The number of amides is 1. The van der Waals surface area contributed by atoms with Crippen molar-refractivity contribution < 1.29 is 4.79 Å². The SMILES string of the molecule is CN1C(=O)CCCN1CC(C)(C)N. The van der Waals surface area contributed by atoms with Crippen LogP contribution in [-0.2, 0) is 4.79 Å². The normalized spacial score (nSPS) is 20.9. The van der Waals surface area contributed by atoms with E-state index in [1.807, 2.05) is 25.9 Å². The van der Waals surface area contributed by atoms with Gasteiger partial charge in [-0.1, -0.05) is 0 Å². The zero-order valence-corrected chi connectivity index (χ0v) is 8.71. The predicted octanol–water partition coefficient (Wildman–Crippen LogP) is 0.193. The van der Waals surface area contributed by atoms with Crippen molar-refractivity contribution in [1.29, 1.82) is 0 Å². The van der Waals surface area contributed by atoms with Gasteiger partial charge in [-0.15, -0.1) is 0 Å². The zero-order valence-electron chi connectivity index (χ0n) is 8.71. The highest BCUT2D eigenvalue weighted by Crippen LogP contribution is 2.12. The Hall–Kier alpha value is -0.610. The van der Waals surface area contributed by atoms with Crippen LogP contribution in [0.3, 0.4) is 0 Å². The van der Waals surface area contributed by atoms with E-state index in [2.05, 4.69) is 0 Å². The molecule has 1 aliphatic heterocycles. The van der Waals surface area contributed by atoms with Crippen LogP contribution < -0.4 is 5.73 Å². The minimum Gasteiger partial charge on any atom is -0.324 e. The van der Waals surface area contributed by atoms with Crippen molar-refractivity contribution in [3.8, 4) is 0 Å². The third-order valence-electron chi connectivity index (χ3n) is 2.18. The molecule has 2 N–H and O–H groups in total. The van der Waals surface area contributed by atoms with Gasteiger partial charge in [-0.2, -0.15) is 0 Å². The summed E-state index contributed by atoms with van der Waals surface area (Å²) in [5.41, 5.74) is 5.65. The summed E-state index contributed by atoms with van der Waals surface area (Å²) in [6.45, 7) is 5.61. The number of hydrogen-bond donors (Lipinski definition) is 1. The van der Waals surface area contributed by atoms with Crippen molar-refractivity contribution in [3.05, 3.63) is 0 Å². The number of hydrazine groups is 1. The summed E-state index contributed by atoms with van der Waals surface area (Å²) in [6, 6.07) is 0. The molecule has 0 aromatic heterocycles. The van der Waals surface area contributed by atoms with Crippen molar-refractivity contribution in [2.75, 3.05) is 20.1 Å². The molecule has 0 bridgehead atoms. The lowest BCUT2D eigenvalue weighted by Crippen LogP contribution is -2.55. The first-order chi connectivity index (χ1) is 5.90. The van der Waals surface area contributed by atoms with Gasteiger partial charge in [0.15, 0.2) is 0 Å². The molecular formula is C9H19N3O. The molecule has 0 unspecified atom stereocenters. The topological polar surface area (TPSA) is 49.6 Å². The van der Waals surface area contributed by atoms with Crippen LogP contribution in [0, 0.1) is 0 Å². The van der Waals surface area contributed by atoms with Gasteiger partial charge in [-0.05, 0) is 20.3 Å². The third kappa shape index (κ3) is 2.97. The van der Waals surface area contributed by atoms with Gasteiger partial charge < -0.3 is 5.73 Å². The Morgan fingerprint density at radius 2 is 2.15 bits per heavy atom. The molecule has 0 saturated carbocycles. The highest BCUT2D eigenvalue weighted by atomic mass is 16.2. The molecule has 1 amide bonds. The Morgan fingerprint density at radius 1 is 1.54 bits per heavy atom. The van der Waals surface area contributed by atoms with Gasteiger partial charge in [-0.3, -0.25) is 9.80 Å². The summed E-state index contributed by atoms with van der Waals surface area (Å²) >= 11 is 0. The number of nitrogens with two attached hydrogens (primary N) is 1. The van der Waals surface area contributed by atoms with Crippen LogP contribution in [0.25, 0.3) is 0 Å². The first-order valence-corrected chi connectivity index (χ1v) is 4.70. The maximum atomic E-state index is 11.3. The largest absolute Gasteiger partial charge is 0.324 e. The number of carbonyl (C=O) groups excluding carboxylic acids is 1. The highest BCUT2D eigenvalue weighted by molar-refractivity contribution is 5.75. The average Bonchev–Trinajstić information content (AvgIpc) is 1.96. The summed E-state index contributed by atoms with van der Waals surface area (Å²) in [6.07, 6.45) is 1.61. The lowest BCUT2D eigenvalue weighted by Gasteiger charge is -2.39. The van der Waals surface area contributed by atoms with Crippen molar-refractivity contribution >= 4 is 5.91 Å². The molecule has 0 aromatic rings. The van der Waals surface area contributed by atoms with E-state index >= 15 is 0 Å². The summed E-state index contributed by atoms with van der Waals surface area (Å²) < 4.78 is 0. The smallest absolute Gasteiger partial charge is 0.236 e. The number of hydrogen-bond acceptors (Lipinski definition) is 3. The summed E-state index contributed by atoms with van der Waals surface area (Å²) in [4.78, 5) is 11.3. The molecular weight excluding hydrogens is 166 g/mol. The van der Waals surface area contributed by atoms with Gasteiger partial charge in [0.25, 0.3) is 0 Å². The molecule has 0 aromatic carbocycles. The first-order valence-electron chi connectivity index (χ1n) is 4.70. The Bertz CT molecular complexity index is 198. The van der Waals surface area contributed by atoms with E-state index in [1.165, 1.54) is 0 Å². The Balaban J connectivity index is 2.54. The van der Waals surface area contributed by atoms with Crippen molar-refractivity contribution in [1.82, 2.24) is 10.0 Å². The highest BCUT2D eigenvalue weighted by Gasteiger charge is 2.26. The molecule has 0 aliphatic carbocycles. The van der Waals surface area contributed by atoms with E-state index in [4.69, 9.17) is 5.73 Å². The number of nitrogens with zero attached hydrogens (tertiary/aromatic N) is 2. The Labute approximate surface area is 79.6 Å². The molecule has 0 atom stereocenters. The molecule has 0 radical (unpaired) electrons. The minimum atomic E-state index is -0.244. The van der Waals surface area contributed by atoms with Crippen molar-refractivity contribution in [2.24, 2.45) is 5.73 Å². The molecule has 1 heterocycles. The molecule has 0 spiro atoms. The van der Waals surface area contributed by atoms with E-state index in [1.54, 1.807) is 5.01 Å². The average molecular weight is 185 g/mol. The van der Waals surface area contributed by atoms with Gasteiger partial charge in [0.05, 0.1) is 0 Å². The summed E-state index contributed by atoms with van der Waals surface area (Å²) in [7, 11) is 1.81. The van der Waals surface area contributed by atoms with Crippen LogP contribution in [0.4, 0.5) is 0 Å². The molecule has 4 nitrogen and oxygen atoms in total. The van der Waals surface area contributed by atoms with Crippen molar-refractivity contribution in [2.45, 2.75) is 32.2 Å². The number of rotatable bonds is 2. The Kier molecular flexibility index (Phi) is 2.93. The molecule has 13 heavy (non-hydrogen) atoms. The van der Waals surface area contributed by atoms with Gasteiger partial charge in [0.1, 0.15) is 0 Å². The Morgan fingerprint density at radius 3 is 2.69 bits per heavy atom. The number of carbonyl (C=O) groups is 1. The van der Waals surface area contributed by atoms with Gasteiger partial charge in [-0.25, -0.2) is 5.01 Å². The second kappa shape index (κ2) is 3.64. The van der Waals surface area contributed by atoms with Gasteiger partial charge in [0, 0.05) is 32.1 Å². The predicted molar refractivity (Wildman–Crippen MR) is 51.8 cm³/mol. The minimum absolute atomic E-state index is 0.190. The van der Waals surface area contributed by atoms with E-state index < -0.39 is 0 Å². The second-order valence-electron chi connectivity index (χ2n) is 4.40. The second-order valence-corrected chi connectivity index (χ2v) is 4.40. The van der Waals surface area contributed by atoms with Crippen LogP contribution in [0.1, 0.15) is 26.7 Å². The standard InChI is InChI=1S/C9H19N3O/c1-9(2,10)7-12-6-4-5-8(13)11(12)3/h4-7,10H2,1-3H3. The quantitative estimate of drug-likeness (QED) is 0.668. The first kappa shape index (κ1) is 10.5. The fraction of sp³-hybridized carbons (Fsp3) is 0.889. The molecule has 4 heteroatoms. The fourth-order valence-electron chi connectivity index (χ4n) is 1.54. The van der Waals surface area contributed by atoms with E-state index in [0.717, 1.165) is 19.5 Å². The molecule has 1 rings (SSSR count). The van der Waals surface area contributed by atoms with Crippen LogP contribution in [-0.4, -0.2) is 41.6 Å². The van der Waals surface area contributed by atoms with Crippen LogP contribution in [0.5, 0.6) is 0 Å². The molecule has 1 saturated heterocycles. The molecule has 1 fully saturated rings. The fourth-order valence-corrected chi connectivity index (χ4v) is 1.54. The maximum Gasteiger partial charge on any atom is 0.236 e. The summed E-state index contributed by atoms with van der Waals surface area (Å²) in [5, 5.41) is 3.71. The van der Waals surface area contributed by atoms with Crippen LogP contribution in [0.2, 0.25) is 0 Å². The van der Waals surface area contributed by atoms with Gasteiger partial charge in [0.2, 0.25) is 5.91 Å². The summed E-state index contributed by atoms with van der Waals surface area (Å²) in [5.74, 6) is 0.190. The molecule has 76 valence electrons. The maximum absolute atomic E-state index is 11.3. The lowest BCUT2D eigenvalue weighted by molar-refractivity contribution is -0.152. The van der Waals surface area contributed by atoms with Gasteiger partial charge >= 0.3 is 0 Å².